The molecule has 3 rings (SSSR count). The summed E-state index contributed by atoms with van der Waals surface area (Å²) in [4.78, 5) is 19.7. The maximum Gasteiger partial charge on any atom is 0.261 e. The van der Waals surface area contributed by atoms with Crippen LogP contribution in [0.2, 0.25) is 0 Å². The molecule has 0 radical (unpaired) electrons. The first kappa shape index (κ1) is 19.1. The minimum absolute atomic E-state index is 0.0315. The fourth-order valence-electron chi connectivity index (χ4n) is 2.49. The van der Waals surface area contributed by atoms with Crippen molar-refractivity contribution in [2.24, 2.45) is 0 Å². The van der Waals surface area contributed by atoms with E-state index in [1.165, 1.54) is 25.3 Å². The molecule has 2 N–H and O–H groups in total. The minimum atomic E-state index is -3.85. The van der Waals surface area contributed by atoms with E-state index in [4.69, 9.17) is 9.47 Å². The monoisotopic (exact) mass is 396 g/mol. The van der Waals surface area contributed by atoms with Crippen molar-refractivity contribution in [3.63, 3.8) is 0 Å². The van der Waals surface area contributed by atoms with Crippen molar-refractivity contribution in [2.75, 3.05) is 25.6 Å². The lowest BCUT2D eigenvalue weighted by Gasteiger charge is -2.14. The molecule has 2 heterocycles. The molecule has 1 saturated heterocycles. The fraction of sp³-hybridized carbons (Fsp3) is 0.312. The van der Waals surface area contributed by atoms with Crippen LogP contribution in [0.4, 0.5) is 10.3 Å². The molecular weight excluding hydrogens is 379 g/mol. The first-order valence-electron chi connectivity index (χ1n) is 7.96. The van der Waals surface area contributed by atoms with E-state index < -0.39 is 21.7 Å². The van der Waals surface area contributed by atoms with E-state index in [1.54, 1.807) is 0 Å². The van der Waals surface area contributed by atoms with Crippen molar-refractivity contribution in [1.29, 1.82) is 0 Å². The topological polar surface area (TPSA) is 120 Å². The predicted octanol–water partition coefficient (Wildman–Crippen LogP) is 0.944. The summed E-state index contributed by atoms with van der Waals surface area (Å²) in [5.74, 6) is -1.31. The van der Waals surface area contributed by atoms with E-state index in [-0.39, 0.29) is 28.2 Å². The van der Waals surface area contributed by atoms with E-state index in [0.717, 1.165) is 12.4 Å². The van der Waals surface area contributed by atoms with Crippen molar-refractivity contribution >= 4 is 21.9 Å². The SMILES string of the molecule is COc1ccc(S(=O)(=O)N[C@H]2CCOC2)cc1C(=O)Nc1ncc(F)cn1. The quantitative estimate of drug-likeness (QED) is 0.746. The third-order valence-electron chi connectivity index (χ3n) is 3.82. The number of hydrogen-bond acceptors (Lipinski definition) is 7. The molecule has 0 aliphatic carbocycles. The summed E-state index contributed by atoms with van der Waals surface area (Å²) in [5, 5.41) is 2.37. The Hall–Kier alpha value is -2.63. The number of anilines is 1. The third kappa shape index (κ3) is 4.56. The summed E-state index contributed by atoms with van der Waals surface area (Å²) in [7, 11) is -2.50. The predicted molar refractivity (Wildman–Crippen MR) is 92.5 cm³/mol. The Morgan fingerprint density at radius 2 is 2.07 bits per heavy atom. The Labute approximate surface area is 155 Å². The van der Waals surface area contributed by atoms with Crippen molar-refractivity contribution in [2.45, 2.75) is 17.4 Å². The number of carbonyl (C=O) groups excluding carboxylic acids is 1. The fourth-order valence-corrected chi connectivity index (χ4v) is 3.77. The molecule has 1 aliphatic heterocycles. The molecule has 11 heteroatoms. The molecule has 0 saturated carbocycles. The molecule has 1 atom stereocenters. The van der Waals surface area contributed by atoms with Crippen LogP contribution >= 0.6 is 0 Å². The van der Waals surface area contributed by atoms with Crippen LogP contribution < -0.4 is 14.8 Å². The van der Waals surface area contributed by atoms with Crippen molar-refractivity contribution < 1.29 is 27.1 Å². The number of carbonyl (C=O) groups is 1. The number of nitrogens with zero attached hydrogens (tertiary/aromatic N) is 2. The molecule has 1 amide bonds. The highest BCUT2D eigenvalue weighted by Crippen LogP contribution is 2.24. The zero-order valence-electron chi connectivity index (χ0n) is 14.3. The van der Waals surface area contributed by atoms with Crippen molar-refractivity contribution in [3.8, 4) is 5.75 Å². The average molecular weight is 396 g/mol. The van der Waals surface area contributed by atoms with Crippen LogP contribution in [0.15, 0.2) is 35.5 Å². The van der Waals surface area contributed by atoms with Crippen molar-refractivity contribution in [1.82, 2.24) is 14.7 Å². The van der Waals surface area contributed by atoms with Gasteiger partial charge in [-0.2, -0.15) is 0 Å². The van der Waals surface area contributed by atoms with Gasteiger partial charge in [-0.25, -0.2) is 27.5 Å². The van der Waals surface area contributed by atoms with Crippen LogP contribution in [0.1, 0.15) is 16.8 Å². The van der Waals surface area contributed by atoms with Crippen LogP contribution in [0.25, 0.3) is 0 Å². The molecule has 2 aromatic rings. The van der Waals surface area contributed by atoms with Gasteiger partial charge in [0.2, 0.25) is 16.0 Å². The number of hydrogen-bond donors (Lipinski definition) is 2. The number of nitrogens with one attached hydrogen (secondary N) is 2. The summed E-state index contributed by atoms with van der Waals surface area (Å²) >= 11 is 0. The number of methoxy groups -OCH3 is 1. The Kier molecular flexibility index (Phi) is 5.63. The van der Waals surface area contributed by atoms with Gasteiger partial charge in [0.05, 0.1) is 36.6 Å². The molecule has 1 fully saturated rings. The molecular formula is C16H17FN4O5S. The van der Waals surface area contributed by atoms with E-state index in [9.17, 15) is 17.6 Å². The van der Waals surface area contributed by atoms with Gasteiger partial charge in [0.1, 0.15) is 5.75 Å². The van der Waals surface area contributed by atoms with Crippen LogP contribution in [0.5, 0.6) is 5.75 Å². The number of sulfonamides is 1. The highest BCUT2D eigenvalue weighted by Gasteiger charge is 2.25. The average Bonchev–Trinajstić information content (AvgIpc) is 3.15. The smallest absolute Gasteiger partial charge is 0.261 e. The van der Waals surface area contributed by atoms with Gasteiger partial charge in [0.25, 0.3) is 5.91 Å². The van der Waals surface area contributed by atoms with Gasteiger partial charge in [-0.15, -0.1) is 0 Å². The Bertz CT molecular complexity index is 930. The molecule has 0 unspecified atom stereocenters. The maximum absolute atomic E-state index is 12.9. The highest BCUT2D eigenvalue weighted by molar-refractivity contribution is 7.89. The van der Waals surface area contributed by atoms with Gasteiger partial charge >= 0.3 is 0 Å². The molecule has 1 aromatic carbocycles. The second-order valence-electron chi connectivity index (χ2n) is 5.72. The first-order chi connectivity index (χ1) is 12.9. The second kappa shape index (κ2) is 7.94. The standard InChI is InChI=1S/C16H17FN4O5S/c1-25-14-3-2-12(27(23,24)21-11-4-5-26-9-11)6-13(14)15(22)20-16-18-7-10(17)8-19-16/h2-3,6-8,11,21H,4-5,9H2,1H3,(H,18,19,20,22)/t11-/m0/s1. The lowest BCUT2D eigenvalue weighted by atomic mass is 10.2. The Balaban J connectivity index is 1.86. The number of halogens is 1. The Morgan fingerprint density at radius 1 is 1.33 bits per heavy atom. The normalized spacial score (nSPS) is 16.9. The van der Waals surface area contributed by atoms with Crippen LogP contribution in [-0.4, -0.2) is 50.7 Å². The van der Waals surface area contributed by atoms with Gasteiger partial charge in [-0.3, -0.25) is 10.1 Å². The minimum Gasteiger partial charge on any atom is -0.496 e. The Morgan fingerprint density at radius 3 is 2.70 bits per heavy atom. The molecule has 1 aromatic heterocycles. The molecule has 144 valence electrons. The van der Waals surface area contributed by atoms with Crippen molar-refractivity contribution in [3.05, 3.63) is 42.0 Å². The molecule has 9 nitrogen and oxygen atoms in total. The van der Waals surface area contributed by atoms with E-state index in [1.807, 2.05) is 0 Å². The molecule has 27 heavy (non-hydrogen) atoms. The van der Waals surface area contributed by atoms with Crippen LogP contribution in [-0.2, 0) is 14.8 Å². The van der Waals surface area contributed by atoms with Gasteiger partial charge < -0.3 is 9.47 Å². The van der Waals surface area contributed by atoms with Crippen LogP contribution in [0, 0.1) is 5.82 Å². The molecule has 0 bridgehead atoms. The number of benzene rings is 1. The zero-order chi connectivity index (χ0) is 19.4. The second-order valence-corrected chi connectivity index (χ2v) is 7.44. The molecule has 0 spiro atoms. The van der Waals surface area contributed by atoms with E-state index >= 15 is 0 Å². The first-order valence-corrected chi connectivity index (χ1v) is 9.44. The van der Waals surface area contributed by atoms with Gasteiger partial charge in [-0.05, 0) is 24.6 Å². The number of ether oxygens (including phenoxy) is 2. The maximum atomic E-state index is 12.9. The number of rotatable bonds is 6. The number of amides is 1. The highest BCUT2D eigenvalue weighted by atomic mass is 32.2. The summed E-state index contributed by atoms with van der Waals surface area (Å²) in [6.45, 7) is 0.783. The van der Waals surface area contributed by atoms with Gasteiger partial charge in [-0.1, -0.05) is 0 Å². The molecule has 1 aliphatic rings. The van der Waals surface area contributed by atoms with Gasteiger partial charge in [0, 0.05) is 12.6 Å². The number of aromatic nitrogens is 2. The van der Waals surface area contributed by atoms with Crippen LogP contribution in [0.3, 0.4) is 0 Å². The zero-order valence-corrected chi connectivity index (χ0v) is 15.1. The lowest BCUT2D eigenvalue weighted by Crippen LogP contribution is -2.35. The summed E-state index contributed by atoms with van der Waals surface area (Å²) in [6.07, 6.45) is 2.37. The third-order valence-corrected chi connectivity index (χ3v) is 5.34. The van der Waals surface area contributed by atoms with Gasteiger partial charge in [0.15, 0.2) is 5.82 Å². The summed E-state index contributed by atoms with van der Waals surface area (Å²) in [5.41, 5.74) is -0.0315. The summed E-state index contributed by atoms with van der Waals surface area (Å²) in [6, 6.07) is 3.58. The summed E-state index contributed by atoms with van der Waals surface area (Å²) < 4.78 is 50.8. The lowest BCUT2D eigenvalue weighted by molar-refractivity contribution is 0.102. The van der Waals surface area contributed by atoms with E-state index in [0.29, 0.717) is 19.6 Å². The largest absolute Gasteiger partial charge is 0.496 e. The van der Waals surface area contributed by atoms with E-state index in [2.05, 4.69) is 20.0 Å².